The van der Waals surface area contributed by atoms with Gasteiger partial charge in [-0.1, -0.05) is 85.8 Å². The van der Waals surface area contributed by atoms with Gasteiger partial charge < -0.3 is 35.5 Å². The van der Waals surface area contributed by atoms with Crippen molar-refractivity contribution >= 4 is 53.3 Å². The van der Waals surface area contributed by atoms with Crippen molar-refractivity contribution < 1.29 is 28.7 Å². The summed E-state index contributed by atoms with van der Waals surface area (Å²) < 4.78 is 4.78. The fourth-order valence-electron chi connectivity index (χ4n) is 6.42. The number of hydrogen-bond donors (Lipinski definition) is 4. The zero-order valence-electron chi connectivity index (χ0n) is 32.9. The van der Waals surface area contributed by atoms with Crippen molar-refractivity contribution in [1.82, 2.24) is 35.7 Å². The number of aromatic nitrogens is 2. The van der Waals surface area contributed by atoms with Crippen LogP contribution in [0.2, 0.25) is 0 Å². The third-order valence-electron chi connectivity index (χ3n) is 9.30. The molecule has 5 rings (SSSR count). The van der Waals surface area contributed by atoms with Crippen LogP contribution in [-0.4, -0.2) is 96.4 Å². The zero-order valence-corrected chi connectivity index (χ0v) is 32.9. The molecule has 1 atom stereocenters. The molecule has 1 heterocycles. The Hall–Kier alpha value is -7.09. The summed E-state index contributed by atoms with van der Waals surface area (Å²) in [6.45, 7) is 8.33. The van der Waals surface area contributed by atoms with E-state index in [2.05, 4.69) is 61.9 Å². The molecule has 0 aliphatic rings. The maximum atomic E-state index is 13.6. The molecule has 0 aliphatic carbocycles. The van der Waals surface area contributed by atoms with E-state index in [1.165, 1.54) is 18.9 Å². The summed E-state index contributed by atoms with van der Waals surface area (Å²) in [5, 5.41) is 10.4. The van der Waals surface area contributed by atoms with Gasteiger partial charge in [0, 0.05) is 37.0 Å². The number of imidazole rings is 1. The van der Waals surface area contributed by atoms with Crippen molar-refractivity contribution in [3.8, 4) is 22.4 Å². The largest absolute Gasteiger partial charge is 0.453 e. The highest BCUT2D eigenvalue weighted by Gasteiger charge is 2.27. The Morgan fingerprint density at radius 2 is 1.59 bits per heavy atom. The van der Waals surface area contributed by atoms with Crippen LogP contribution < -0.4 is 16.0 Å². The number of alkyl carbamates (subject to hydrolysis) is 1. The van der Waals surface area contributed by atoms with Gasteiger partial charge in [0.25, 0.3) is 0 Å². The molecular formula is C44H48N8O6. The van der Waals surface area contributed by atoms with Crippen LogP contribution in [0, 0.1) is 0 Å². The number of rotatable bonds is 20. The predicted octanol–water partition coefficient (Wildman–Crippen LogP) is 5.49. The molecule has 0 aliphatic heterocycles. The second-order valence-corrected chi connectivity index (χ2v) is 13.5. The van der Waals surface area contributed by atoms with Crippen molar-refractivity contribution in [2.24, 2.45) is 4.99 Å². The molecule has 1 aromatic heterocycles. The molecule has 58 heavy (non-hydrogen) atoms. The molecule has 0 fully saturated rings. The number of aromatic amines is 1. The van der Waals surface area contributed by atoms with Crippen molar-refractivity contribution in [2.45, 2.75) is 32.9 Å². The van der Waals surface area contributed by atoms with E-state index in [0.717, 1.165) is 45.1 Å². The molecule has 14 heteroatoms. The lowest BCUT2D eigenvalue weighted by Gasteiger charge is -2.27. The highest BCUT2D eigenvalue weighted by molar-refractivity contribution is 5.91. The number of nitrogens with one attached hydrogen (secondary N) is 4. The van der Waals surface area contributed by atoms with Gasteiger partial charge in [-0.05, 0) is 59.7 Å². The molecule has 4 amide bonds. The van der Waals surface area contributed by atoms with E-state index >= 15 is 0 Å². The van der Waals surface area contributed by atoms with Gasteiger partial charge in [-0.15, -0.1) is 0 Å². The second-order valence-electron chi connectivity index (χ2n) is 13.5. The number of ketones is 1. The van der Waals surface area contributed by atoms with Crippen molar-refractivity contribution in [1.29, 1.82) is 0 Å². The number of fused-ring (bicyclic) bond motifs is 1. The Labute approximate surface area is 337 Å². The van der Waals surface area contributed by atoms with Crippen molar-refractivity contribution in [3.05, 3.63) is 120 Å². The zero-order chi connectivity index (χ0) is 41.4. The summed E-state index contributed by atoms with van der Waals surface area (Å²) in [5.41, 5.74) is 5.94. The SMILES string of the molecule is C=N/C(=C\NCCN(CCC)C(=O)C(NC(=O)OC)c1ccccc1)c1ccc(-c2ccc3cc(-c4cnc(CN(CC(C)=O)C(=O)CNC=O)[nH]4)ccc3c2)cc1. The number of aliphatic imine (C=N–C) groups is 1. The number of hydrogen-bond acceptors (Lipinski definition) is 9. The number of carbonyl (C=O) groups excluding carboxylic acids is 5. The summed E-state index contributed by atoms with van der Waals surface area (Å²) in [5.74, 6) is -0.270. The van der Waals surface area contributed by atoms with Gasteiger partial charge in [-0.25, -0.2) is 9.78 Å². The van der Waals surface area contributed by atoms with Gasteiger partial charge in [0.1, 0.15) is 17.6 Å². The first-order valence-corrected chi connectivity index (χ1v) is 18.9. The quantitative estimate of drug-likeness (QED) is 0.0455. The van der Waals surface area contributed by atoms with E-state index in [-0.39, 0.29) is 37.2 Å². The number of H-pyrrole nitrogens is 1. The van der Waals surface area contributed by atoms with Gasteiger partial charge in [-0.2, -0.15) is 0 Å². The van der Waals surface area contributed by atoms with Crippen LogP contribution in [0.25, 0.3) is 38.9 Å². The summed E-state index contributed by atoms with van der Waals surface area (Å²) in [6, 6.07) is 28.6. The van der Waals surface area contributed by atoms with Gasteiger partial charge in [0.15, 0.2) is 0 Å². The van der Waals surface area contributed by atoms with Gasteiger partial charge in [-0.3, -0.25) is 24.2 Å². The molecule has 300 valence electrons. The molecule has 5 aromatic rings. The predicted molar refractivity (Wildman–Crippen MR) is 224 cm³/mol. The lowest BCUT2D eigenvalue weighted by molar-refractivity contribution is -0.135. The summed E-state index contributed by atoms with van der Waals surface area (Å²) >= 11 is 0. The number of amides is 4. The van der Waals surface area contributed by atoms with Crippen LogP contribution in [-0.2, 0) is 30.5 Å². The van der Waals surface area contributed by atoms with Crippen molar-refractivity contribution in [2.75, 3.05) is 39.8 Å². The second kappa shape index (κ2) is 20.7. The summed E-state index contributed by atoms with van der Waals surface area (Å²) in [6.07, 6.45) is 3.98. The minimum absolute atomic E-state index is 0.0868. The number of benzene rings is 4. The van der Waals surface area contributed by atoms with E-state index in [9.17, 15) is 24.0 Å². The molecule has 0 radical (unpaired) electrons. The standard InChI is InChI=1S/C44H48N8O6/c1-5-20-51(43(56)42(50-44(57)58-4)33-9-7-6-8-10-33)21-19-46-24-38(45-3)32-13-11-31(12-14-32)34-15-16-36-23-37(18-17-35(36)22-34)39-25-48-40(49-39)28-52(27-30(2)54)41(55)26-47-29-53/h6-18,22-25,29,42,46H,3,5,19-21,26-28H2,1-2,4H3,(H,47,53)(H,48,49)(H,50,57)/b38-24-. The first kappa shape index (κ1) is 42.1. The fraction of sp³-hybridized carbons (Fsp3) is 0.250. The summed E-state index contributed by atoms with van der Waals surface area (Å²) in [7, 11) is 1.27. The molecule has 0 bridgehead atoms. The number of nitrogens with zero attached hydrogens (tertiary/aromatic N) is 4. The van der Waals surface area contributed by atoms with Crippen LogP contribution in [0.5, 0.6) is 0 Å². The molecule has 14 nitrogen and oxygen atoms in total. The molecular weight excluding hydrogens is 737 g/mol. The van der Waals surface area contributed by atoms with E-state index in [0.29, 0.717) is 43.1 Å². The third kappa shape index (κ3) is 11.2. The smallest absolute Gasteiger partial charge is 0.407 e. The molecule has 0 saturated heterocycles. The van der Waals surface area contributed by atoms with Crippen LogP contribution in [0.15, 0.2) is 108 Å². The van der Waals surface area contributed by atoms with E-state index in [1.807, 2.05) is 61.5 Å². The van der Waals surface area contributed by atoms with Gasteiger partial charge in [0.2, 0.25) is 18.2 Å². The average Bonchev–Trinajstić information content (AvgIpc) is 3.72. The Kier molecular flexibility index (Phi) is 15.0. The van der Waals surface area contributed by atoms with Crippen molar-refractivity contribution in [3.63, 3.8) is 0 Å². The molecule has 4 aromatic carbocycles. The van der Waals surface area contributed by atoms with Crippen LogP contribution in [0.4, 0.5) is 4.79 Å². The van der Waals surface area contributed by atoms with Gasteiger partial charge in [0.05, 0.1) is 44.3 Å². The number of methoxy groups -OCH3 is 1. The third-order valence-corrected chi connectivity index (χ3v) is 9.30. The Morgan fingerprint density at radius 3 is 2.24 bits per heavy atom. The lowest BCUT2D eigenvalue weighted by Crippen LogP contribution is -2.45. The minimum atomic E-state index is -0.876. The van der Waals surface area contributed by atoms with E-state index < -0.39 is 12.1 Å². The van der Waals surface area contributed by atoms with Crippen LogP contribution in [0.1, 0.15) is 43.3 Å². The van der Waals surface area contributed by atoms with E-state index in [4.69, 9.17) is 4.74 Å². The molecule has 4 N–H and O–H groups in total. The molecule has 0 spiro atoms. The Bertz CT molecular complexity index is 2250. The lowest BCUT2D eigenvalue weighted by atomic mass is 9.98. The maximum Gasteiger partial charge on any atom is 0.407 e. The van der Waals surface area contributed by atoms with Gasteiger partial charge >= 0.3 is 6.09 Å². The minimum Gasteiger partial charge on any atom is -0.453 e. The topological polar surface area (TPSA) is 178 Å². The maximum absolute atomic E-state index is 13.6. The highest BCUT2D eigenvalue weighted by Crippen LogP contribution is 2.29. The van der Waals surface area contributed by atoms with Crippen LogP contribution >= 0.6 is 0 Å². The van der Waals surface area contributed by atoms with E-state index in [1.54, 1.807) is 29.4 Å². The number of ether oxygens (including phenoxy) is 1. The molecule has 0 saturated carbocycles. The van der Waals surface area contributed by atoms with Crippen LogP contribution in [0.3, 0.4) is 0 Å². The fourth-order valence-corrected chi connectivity index (χ4v) is 6.42. The monoisotopic (exact) mass is 784 g/mol. The number of Topliss-reactive ketones (excluding diaryl/α,β-unsaturated/α-hetero) is 1. The average molecular weight is 785 g/mol. The normalized spacial score (nSPS) is 11.6. The molecule has 1 unspecified atom stereocenters. The Balaban J connectivity index is 1.22. The number of carbonyl (C=O) groups is 5. The first-order chi connectivity index (χ1) is 28.1. The Morgan fingerprint density at radius 1 is 0.897 bits per heavy atom. The summed E-state index contributed by atoms with van der Waals surface area (Å²) in [4.78, 5) is 75.7. The first-order valence-electron chi connectivity index (χ1n) is 18.9. The highest BCUT2D eigenvalue weighted by atomic mass is 16.5.